The molecule has 4 heterocycles. The first kappa shape index (κ1) is 7.50. The van der Waals surface area contributed by atoms with E-state index >= 15 is 0 Å². The van der Waals surface area contributed by atoms with Crippen LogP contribution in [0, 0.1) is 0 Å². The van der Waals surface area contributed by atoms with E-state index in [9.17, 15) is 18.6 Å². The summed E-state index contributed by atoms with van der Waals surface area (Å²) >= 11 is -1.82. The zero-order valence-electron chi connectivity index (χ0n) is 6.44. The Balaban J connectivity index is 2.82. The standard InChI is InChI=1S/C5H2N4O4S/c10-3-1-2(7-4(11)6-1)8-5(12)9(3)14(8)13/h(H2,6,7,11). The molecule has 0 fully saturated rings. The topological polar surface area (TPSA) is 110 Å². The maximum absolute atomic E-state index is 11.4. The van der Waals surface area contributed by atoms with Crippen molar-refractivity contribution in [3.05, 3.63) is 31.3 Å². The number of imidazole rings is 1. The Morgan fingerprint density at radius 3 is 2.43 bits per heavy atom. The fourth-order valence-corrected chi connectivity index (χ4v) is 2.39. The van der Waals surface area contributed by atoms with Gasteiger partial charge in [0.1, 0.15) is 0 Å². The SMILES string of the molecule is O=c1[nH]c2c(=O)n3c(=O)n(c2[nH]1)S3=O. The molecule has 72 valence electrons. The molecule has 0 radical (unpaired) electrons. The average molecular weight is 214 g/mol. The second-order valence-electron chi connectivity index (χ2n) is 2.71. The van der Waals surface area contributed by atoms with Gasteiger partial charge in [0.25, 0.3) is 5.56 Å². The van der Waals surface area contributed by atoms with Gasteiger partial charge in [-0.3, -0.25) is 14.8 Å². The number of rotatable bonds is 0. The minimum atomic E-state index is -1.82. The summed E-state index contributed by atoms with van der Waals surface area (Å²) in [6.07, 6.45) is 0. The van der Waals surface area contributed by atoms with Gasteiger partial charge in [-0.15, -0.1) is 0 Å². The quantitative estimate of drug-likeness (QED) is 0.430. The molecule has 2 aromatic rings. The summed E-state index contributed by atoms with van der Waals surface area (Å²) in [5.74, 6) is 0. The Hall–Kier alpha value is -1.90. The van der Waals surface area contributed by atoms with Gasteiger partial charge in [0.05, 0.1) is 0 Å². The molecule has 0 saturated heterocycles. The van der Waals surface area contributed by atoms with Gasteiger partial charge in [-0.1, -0.05) is 0 Å². The van der Waals surface area contributed by atoms with Crippen LogP contribution in [0.1, 0.15) is 0 Å². The summed E-state index contributed by atoms with van der Waals surface area (Å²) in [5, 5.41) is 0. The normalized spacial score (nSPS) is 18.4. The fourth-order valence-electron chi connectivity index (χ4n) is 1.38. The highest BCUT2D eigenvalue weighted by molar-refractivity contribution is 7.83. The molecule has 2 aromatic heterocycles. The highest BCUT2D eigenvalue weighted by Gasteiger charge is 2.31. The monoisotopic (exact) mass is 214 g/mol. The third-order valence-electron chi connectivity index (χ3n) is 1.97. The zero-order chi connectivity index (χ0) is 10.0. The van der Waals surface area contributed by atoms with Crippen LogP contribution in [0.25, 0.3) is 11.2 Å². The molecular weight excluding hydrogens is 212 g/mol. The molecule has 1 unspecified atom stereocenters. The second-order valence-corrected chi connectivity index (χ2v) is 3.90. The van der Waals surface area contributed by atoms with Crippen LogP contribution in [-0.2, 0) is 11.2 Å². The van der Waals surface area contributed by atoms with Crippen molar-refractivity contribution in [3.8, 4) is 0 Å². The minimum absolute atomic E-state index is 0.0224. The summed E-state index contributed by atoms with van der Waals surface area (Å²) in [4.78, 5) is 37.8. The van der Waals surface area contributed by atoms with E-state index in [2.05, 4.69) is 9.97 Å². The molecule has 2 aliphatic heterocycles. The molecule has 9 heteroatoms. The molecule has 0 aliphatic carbocycles. The summed E-state index contributed by atoms with van der Waals surface area (Å²) in [5.41, 5.74) is -2.10. The fraction of sp³-hybridized carbons (Fsp3) is 0. The Labute approximate surface area is 76.5 Å². The Morgan fingerprint density at radius 2 is 1.79 bits per heavy atom. The minimum Gasteiger partial charge on any atom is -0.300 e. The molecular formula is C5H2N4O4S. The van der Waals surface area contributed by atoms with Crippen LogP contribution in [0.3, 0.4) is 0 Å². The van der Waals surface area contributed by atoms with Gasteiger partial charge in [0, 0.05) is 0 Å². The molecule has 4 rings (SSSR count). The number of H-pyrrole nitrogens is 2. The lowest BCUT2D eigenvalue weighted by atomic mass is 10.5. The summed E-state index contributed by atoms with van der Waals surface area (Å²) in [6.45, 7) is 0. The predicted octanol–water partition coefficient (Wildman–Crippen LogP) is -2.53. The van der Waals surface area contributed by atoms with E-state index in [1.54, 1.807) is 0 Å². The van der Waals surface area contributed by atoms with Gasteiger partial charge in [0.2, 0.25) is 11.2 Å². The summed E-state index contributed by atoms with van der Waals surface area (Å²) in [6, 6.07) is 0. The van der Waals surface area contributed by atoms with Crippen molar-refractivity contribution in [1.29, 1.82) is 0 Å². The van der Waals surface area contributed by atoms with Gasteiger partial charge in [-0.05, 0) is 0 Å². The molecule has 2 aliphatic rings. The van der Waals surface area contributed by atoms with Gasteiger partial charge >= 0.3 is 11.4 Å². The van der Waals surface area contributed by atoms with Crippen molar-refractivity contribution >= 4 is 22.3 Å². The summed E-state index contributed by atoms with van der Waals surface area (Å²) < 4.78 is 12.6. The smallest absolute Gasteiger partial charge is 0.300 e. The number of nitrogens with one attached hydrogen (secondary N) is 2. The Kier molecular flexibility index (Phi) is 1.04. The van der Waals surface area contributed by atoms with E-state index in [0.29, 0.717) is 3.97 Å². The largest absolute Gasteiger partial charge is 0.359 e. The molecule has 2 N–H and O–H groups in total. The van der Waals surface area contributed by atoms with Crippen LogP contribution in [0.4, 0.5) is 0 Å². The molecule has 0 amide bonds. The molecule has 14 heavy (non-hydrogen) atoms. The van der Waals surface area contributed by atoms with Gasteiger partial charge in [-0.2, -0.15) is 7.94 Å². The number of hydrogen-bond donors (Lipinski definition) is 2. The Morgan fingerprint density at radius 1 is 1.07 bits per heavy atom. The number of nitrogens with zero attached hydrogens (tertiary/aromatic N) is 2. The van der Waals surface area contributed by atoms with Crippen molar-refractivity contribution in [2.24, 2.45) is 0 Å². The van der Waals surface area contributed by atoms with E-state index in [0.717, 1.165) is 3.97 Å². The molecule has 1 atom stereocenters. The van der Waals surface area contributed by atoms with Crippen LogP contribution in [0.15, 0.2) is 14.4 Å². The van der Waals surface area contributed by atoms with Gasteiger partial charge in [-0.25, -0.2) is 13.8 Å². The van der Waals surface area contributed by atoms with E-state index < -0.39 is 28.1 Å². The Bertz CT molecular complexity index is 759. The second kappa shape index (κ2) is 1.95. The van der Waals surface area contributed by atoms with Crippen molar-refractivity contribution in [1.82, 2.24) is 17.9 Å². The maximum Gasteiger partial charge on any atom is 0.359 e. The number of aromatic nitrogens is 4. The highest BCUT2D eigenvalue weighted by Crippen LogP contribution is 2.06. The molecule has 2 bridgehead atoms. The zero-order valence-corrected chi connectivity index (χ0v) is 7.25. The van der Waals surface area contributed by atoms with Crippen LogP contribution in [0.5, 0.6) is 0 Å². The van der Waals surface area contributed by atoms with Gasteiger partial charge < -0.3 is 0 Å². The lowest BCUT2D eigenvalue weighted by Crippen LogP contribution is -2.54. The van der Waals surface area contributed by atoms with Crippen molar-refractivity contribution < 1.29 is 4.21 Å². The predicted molar refractivity (Wildman–Crippen MR) is 46.4 cm³/mol. The molecule has 0 spiro atoms. The lowest BCUT2D eigenvalue weighted by molar-refractivity contribution is 0.646. The van der Waals surface area contributed by atoms with Crippen molar-refractivity contribution in [3.63, 3.8) is 0 Å². The van der Waals surface area contributed by atoms with Crippen LogP contribution >= 0.6 is 0 Å². The maximum atomic E-state index is 11.4. The van der Waals surface area contributed by atoms with Crippen LogP contribution < -0.4 is 16.9 Å². The molecule has 0 aromatic carbocycles. The first-order chi connectivity index (χ1) is 6.61. The highest BCUT2D eigenvalue weighted by atomic mass is 32.2. The number of hydrogen-bond acceptors (Lipinski definition) is 4. The average Bonchev–Trinajstić information content (AvgIpc) is 2.47. The van der Waals surface area contributed by atoms with E-state index in [-0.39, 0.29) is 11.2 Å². The molecule has 8 nitrogen and oxygen atoms in total. The van der Waals surface area contributed by atoms with Crippen molar-refractivity contribution in [2.45, 2.75) is 0 Å². The van der Waals surface area contributed by atoms with E-state index in [4.69, 9.17) is 0 Å². The first-order valence-electron chi connectivity index (χ1n) is 3.54. The lowest BCUT2D eigenvalue weighted by Gasteiger charge is -2.16. The van der Waals surface area contributed by atoms with Gasteiger partial charge in [0.15, 0.2) is 11.2 Å². The third-order valence-corrected chi connectivity index (χ3v) is 3.25. The van der Waals surface area contributed by atoms with Crippen LogP contribution in [0.2, 0.25) is 0 Å². The molecule has 0 saturated carbocycles. The first-order valence-corrected chi connectivity index (χ1v) is 4.60. The summed E-state index contributed by atoms with van der Waals surface area (Å²) in [7, 11) is 0. The third kappa shape index (κ3) is 0.576. The van der Waals surface area contributed by atoms with Crippen LogP contribution in [-0.4, -0.2) is 22.1 Å². The van der Waals surface area contributed by atoms with E-state index in [1.165, 1.54) is 0 Å². The van der Waals surface area contributed by atoms with E-state index in [1.807, 2.05) is 0 Å². The number of aromatic amines is 2. The van der Waals surface area contributed by atoms with Crippen molar-refractivity contribution in [2.75, 3.05) is 0 Å².